The first-order chi connectivity index (χ1) is 11.6. The summed E-state index contributed by atoms with van der Waals surface area (Å²) in [7, 11) is 0. The van der Waals surface area contributed by atoms with Crippen molar-refractivity contribution in [3.8, 4) is 0 Å². The van der Waals surface area contributed by atoms with Gasteiger partial charge in [0.15, 0.2) is 0 Å². The maximum atomic E-state index is 12.5. The number of aromatic nitrogens is 2. The van der Waals surface area contributed by atoms with Crippen LogP contribution in [-0.2, 0) is 11.4 Å². The standard InChI is InChI=1S/C17H15N3O4/c1-2-19-9-13(14(18-19)10-7-8-10)17(23)24-20-15(21)11-5-3-4-6-12(11)16(20)22/h3-6,9-10H,2,7-8H2,1H3. The highest BCUT2D eigenvalue weighted by Crippen LogP contribution is 2.41. The van der Waals surface area contributed by atoms with Crippen molar-refractivity contribution in [1.82, 2.24) is 14.8 Å². The second kappa shape index (κ2) is 5.30. The van der Waals surface area contributed by atoms with Crippen LogP contribution in [0.2, 0.25) is 0 Å². The molecular weight excluding hydrogens is 310 g/mol. The molecule has 0 N–H and O–H groups in total. The van der Waals surface area contributed by atoms with Gasteiger partial charge in [0.25, 0.3) is 11.8 Å². The highest BCUT2D eigenvalue weighted by molar-refractivity contribution is 6.21. The molecule has 0 unspecified atom stereocenters. The first-order valence-electron chi connectivity index (χ1n) is 7.87. The van der Waals surface area contributed by atoms with Crippen molar-refractivity contribution in [1.29, 1.82) is 0 Å². The number of rotatable bonds is 4. The van der Waals surface area contributed by atoms with Gasteiger partial charge < -0.3 is 4.84 Å². The molecule has 7 heteroatoms. The highest BCUT2D eigenvalue weighted by atomic mass is 16.7. The van der Waals surface area contributed by atoms with E-state index in [2.05, 4.69) is 5.10 Å². The van der Waals surface area contributed by atoms with Crippen molar-refractivity contribution in [2.45, 2.75) is 32.2 Å². The number of imide groups is 1. The summed E-state index contributed by atoms with van der Waals surface area (Å²) < 4.78 is 1.66. The van der Waals surface area contributed by atoms with E-state index in [1.807, 2.05) is 6.92 Å². The average molecular weight is 325 g/mol. The van der Waals surface area contributed by atoms with E-state index >= 15 is 0 Å². The van der Waals surface area contributed by atoms with Gasteiger partial charge in [0.2, 0.25) is 0 Å². The second-order valence-corrected chi connectivity index (χ2v) is 5.89. The number of benzene rings is 1. The van der Waals surface area contributed by atoms with Gasteiger partial charge in [-0.15, -0.1) is 0 Å². The Morgan fingerprint density at radius 1 is 1.21 bits per heavy atom. The summed E-state index contributed by atoms with van der Waals surface area (Å²) in [5, 5.41) is 4.93. The lowest BCUT2D eigenvalue weighted by Gasteiger charge is -2.12. The number of carbonyl (C=O) groups is 3. The first-order valence-corrected chi connectivity index (χ1v) is 7.87. The summed E-state index contributed by atoms with van der Waals surface area (Å²) >= 11 is 0. The van der Waals surface area contributed by atoms with Gasteiger partial charge in [-0.05, 0) is 31.9 Å². The Hall–Kier alpha value is -2.96. The lowest BCUT2D eigenvalue weighted by atomic mass is 10.1. The SMILES string of the molecule is CCn1cc(C(=O)ON2C(=O)c3ccccc3C2=O)c(C2CC2)n1. The zero-order valence-corrected chi connectivity index (χ0v) is 13.1. The van der Waals surface area contributed by atoms with E-state index in [1.54, 1.807) is 23.0 Å². The van der Waals surface area contributed by atoms with E-state index in [-0.39, 0.29) is 17.0 Å². The van der Waals surface area contributed by atoms with Crippen molar-refractivity contribution in [2.75, 3.05) is 0 Å². The zero-order chi connectivity index (χ0) is 16.8. The number of nitrogens with zero attached hydrogens (tertiary/aromatic N) is 3. The lowest BCUT2D eigenvalue weighted by Crippen LogP contribution is -2.32. The molecule has 0 spiro atoms. The summed E-state index contributed by atoms with van der Waals surface area (Å²) in [6.45, 7) is 2.54. The molecule has 2 heterocycles. The Morgan fingerprint density at radius 2 is 1.83 bits per heavy atom. The molecule has 0 atom stereocenters. The van der Waals surface area contributed by atoms with E-state index in [0.29, 0.717) is 22.9 Å². The minimum atomic E-state index is -0.730. The fourth-order valence-electron chi connectivity index (χ4n) is 2.80. The molecule has 2 aliphatic rings. The van der Waals surface area contributed by atoms with Gasteiger partial charge in [-0.25, -0.2) is 4.79 Å². The van der Waals surface area contributed by atoms with E-state index in [4.69, 9.17) is 4.84 Å². The molecule has 1 aliphatic heterocycles. The smallest absolute Gasteiger partial charge is 0.324 e. The maximum Gasteiger partial charge on any atom is 0.367 e. The lowest BCUT2D eigenvalue weighted by molar-refractivity contribution is -0.0585. The molecule has 2 amide bonds. The van der Waals surface area contributed by atoms with Gasteiger partial charge in [-0.3, -0.25) is 14.3 Å². The van der Waals surface area contributed by atoms with Crippen LogP contribution in [0, 0.1) is 0 Å². The molecule has 24 heavy (non-hydrogen) atoms. The number of amides is 2. The monoisotopic (exact) mass is 325 g/mol. The number of hydrogen-bond donors (Lipinski definition) is 0. The molecule has 1 fully saturated rings. The first kappa shape index (κ1) is 14.6. The minimum Gasteiger partial charge on any atom is -0.324 e. The molecule has 0 radical (unpaired) electrons. The highest BCUT2D eigenvalue weighted by Gasteiger charge is 2.40. The molecule has 122 valence electrons. The number of fused-ring (bicyclic) bond motifs is 1. The van der Waals surface area contributed by atoms with Crippen LogP contribution in [0.5, 0.6) is 0 Å². The van der Waals surface area contributed by atoms with Gasteiger partial charge in [0, 0.05) is 18.7 Å². The molecule has 0 bridgehead atoms. The predicted molar refractivity (Wildman–Crippen MR) is 82.2 cm³/mol. The Bertz CT molecular complexity index is 831. The Labute approximate surface area is 137 Å². The normalized spacial score (nSPS) is 16.5. The van der Waals surface area contributed by atoms with Crippen molar-refractivity contribution in [2.24, 2.45) is 0 Å². The average Bonchev–Trinajstić information content (AvgIpc) is 3.31. The quantitative estimate of drug-likeness (QED) is 0.805. The summed E-state index contributed by atoms with van der Waals surface area (Å²) in [5.74, 6) is -1.73. The summed E-state index contributed by atoms with van der Waals surface area (Å²) in [5.41, 5.74) is 1.47. The van der Waals surface area contributed by atoms with Gasteiger partial charge in [0.1, 0.15) is 5.56 Å². The second-order valence-electron chi connectivity index (χ2n) is 5.89. The Balaban J connectivity index is 1.61. The molecule has 1 saturated carbocycles. The molecular formula is C17H15N3O4. The largest absolute Gasteiger partial charge is 0.367 e. The Morgan fingerprint density at radius 3 is 2.38 bits per heavy atom. The van der Waals surface area contributed by atoms with Crippen molar-refractivity contribution < 1.29 is 19.2 Å². The van der Waals surface area contributed by atoms with Gasteiger partial charge >= 0.3 is 5.97 Å². The van der Waals surface area contributed by atoms with E-state index in [9.17, 15) is 14.4 Å². The van der Waals surface area contributed by atoms with Crippen LogP contribution in [0.25, 0.3) is 0 Å². The van der Waals surface area contributed by atoms with Crippen molar-refractivity contribution in [3.05, 3.63) is 52.8 Å². The molecule has 4 rings (SSSR count). The van der Waals surface area contributed by atoms with E-state index in [0.717, 1.165) is 12.8 Å². The molecule has 1 aromatic heterocycles. The van der Waals surface area contributed by atoms with Crippen molar-refractivity contribution in [3.63, 3.8) is 0 Å². The third-order valence-electron chi connectivity index (χ3n) is 4.23. The Kier molecular flexibility index (Phi) is 3.23. The third-order valence-corrected chi connectivity index (χ3v) is 4.23. The van der Waals surface area contributed by atoms with E-state index < -0.39 is 17.8 Å². The van der Waals surface area contributed by atoms with E-state index in [1.165, 1.54) is 12.1 Å². The van der Waals surface area contributed by atoms with Crippen LogP contribution >= 0.6 is 0 Å². The van der Waals surface area contributed by atoms with Crippen LogP contribution < -0.4 is 0 Å². The molecule has 1 aromatic carbocycles. The van der Waals surface area contributed by atoms with Gasteiger partial charge in [0.05, 0.1) is 16.8 Å². The summed E-state index contributed by atoms with van der Waals surface area (Å²) in [6.07, 6.45) is 3.57. The predicted octanol–water partition coefficient (Wildman–Crippen LogP) is 2.15. The number of carbonyl (C=O) groups excluding carboxylic acids is 3. The minimum absolute atomic E-state index is 0.238. The molecule has 2 aromatic rings. The number of aryl methyl sites for hydroxylation is 1. The van der Waals surface area contributed by atoms with Crippen LogP contribution in [0.4, 0.5) is 0 Å². The van der Waals surface area contributed by atoms with Gasteiger partial charge in [-0.2, -0.15) is 5.10 Å². The van der Waals surface area contributed by atoms with Crippen LogP contribution in [-0.4, -0.2) is 32.6 Å². The molecule has 0 saturated heterocycles. The van der Waals surface area contributed by atoms with Crippen LogP contribution in [0.1, 0.15) is 62.5 Å². The fraction of sp³-hybridized carbons (Fsp3) is 0.294. The summed E-state index contributed by atoms with van der Waals surface area (Å²) in [4.78, 5) is 42.2. The fourth-order valence-corrected chi connectivity index (χ4v) is 2.80. The molecule has 7 nitrogen and oxygen atoms in total. The number of hydroxylamine groups is 2. The molecule has 1 aliphatic carbocycles. The zero-order valence-electron chi connectivity index (χ0n) is 13.1. The van der Waals surface area contributed by atoms with Gasteiger partial charge in [-0.1, -0.05) is 17.2 Å². The van der Waals surface area contributed by atoms with Crippen molar-refractivity contribution >= 4 is 17.8 Å². The number of hydrogen-bond acceptors (Lipinski definition) is 5. The third kappa shape index (κ3) is 2.20. The summed E-state index contributed by atoms with van der Waals surface area (Å²) in [6, 6.07) is 6.39. The topological polar surface area (TPSA) is 81.5 Å². The maximum absolute atomic E-state index is 12.5. The van der Waals surface area contributed by atoms with Crippen LogP contribution in [0.15, 0.2) is 30.5 Å². The van der Waals surface area contributed by atoms with Crippen LogP contribution in [0.3, 0.4) is 0 Å².